The topological polar surface area (TPSA) is 17.1 Å². The smallest absolute Gasteiger partial charge is 0.293 e. The number of carbonyl (C=O) groups excluding carboxylic acids is 1. The normalized spacial score (nSPS) is 10.6. The highest BCUT2D eigenvalue weighted by molar-refractivity contribution is 5.98. The van der Waals surface area contributed by atoms with Gasteiger partial charge in [-0.3, -0.25) is 4.79 Å². The minimum absolute atomic E-state index is 0.297. The SMILES string of the molecule is CC#CCC(=O)c1cccc(C(F)(F)F)c1F. The van der Waals surface area contributed by atoms with E-state index < -0.39 is 28.9 Å². The predicted molar refractivity (Wildman–Crippen MR) is 53.8 cm³/mol. The van der Waals surface area contributed by atoms with E-state index in [0.717, 1.165) is 12.1 Å². The summed E-state index contributed by atoms with van der Waals surface area (Å²) in [5.41, 5.74) is -2.02. The molecule has 17 heavy (non-hydrogen) atoms. The van der Waals surface area contributed by atoms with Crippen LogP contribution in [0.3, 0.4) is 0 Å². The van der Waals surface area contributed by atoms with E-state index in [0.29, 0.717) is 6.07 Å². The number of hydrogen-bond acceptors (Lipinski definition) is 1. The van der Waals surface area contributed by atoms with Gasteiger partial charge in [0.15, 0.2) is 5.78 Å². The largest absolute Gasteiger partial charge is 0.419 e. The van der Waals surface area contributed by atoms with Crippen LogP contribution in [0.2, 0.25) is 0 Å². The number of hydrogen-bond donors (Lipinski definition) is 0. The zero-order valence-corrected chi connectivity index (χ0v) is 8.86. The molecule has 0 saturated carbocycles. The van der Waals surface area contributed by atoms with Crippen molar-refractivity contribution in [2.24, 2.45) is 0 Å². The Kier molecular flexibility index (Phi) is 3.89. The van der Waals surface area contributed by atoms with Crippen LogP contribution in [0.15, 0.2) is 18.2 Å². The Bertz CT molecular complexity index is 491. The minimum atomic E-state index is -4.81. The number of alkyl halides is 3. The molecule has 0 amide bonds. The van der Waals surface area contributed by atoms with E-state index in [1.165, 1.54) is 6.92 Å². The van der Waals surface area contributed by atoms with Crippen molar-refractivity contribution in [2.45, 2.75) is 19.5 Å². The highest BCUT2D eigenvalue weighted by atomic mass is 19.4. The van der Waals surface area contributed by atoms with Crippen LogP contribution in [0.5, 0.6) is 0 Å². The summed E-state index contributed by atoms with van der Waals surface area (Å²) in [5, 5.41) is 0. The number of carbonyl (C=O) groups is 1. The quantitative estimate of drug-likeness (QED) is 0.442. The number of benzene rings is 1. The van der Waals surface area contributed by atoms with E-state index in [-0.39, 0.29) is 6.42 Å². The Labute approximate surface area is 95.4 Å². The lowest BCUT2D eigenvalue weighted by Crippen LogP contribution is -2.12. The fourth-order valence-corrected chi connectivity index (χ4v) is 1.23. The highest BCUT2D eigenvalue weighted by Gasteiger charge is 2.35. The van der Waals surface area contributed by atoms with Crippen LogP contribution in [0.4, 0.5) is 17.6 Å². The minimum Gasteiger partial charge on any atom is -0.293 e. The van der Waals surface area contributed by atoms with Crippen molar-refractivity contribution in [3.63, 3.8) is 0 Å². The average Bonchev–Trinajstić information content (AvgIpc) is 2.24. The third-order valence-corrected chi connectivity index (χ3v) is 2.03. The summed E-state index contributed by atoms with van der Waals surface area (Å²) < 4.78 is 50.6. The van der Waals surface area contributed by atoms with E-state index in [2.05, 4.69) is 11.8 Å². The molecule has 1 aromatic carbocycles. The fourth-order valence-electron chi connectivity index (χ4n) is 1.23. The van der Waals surface area contributed by atoms with Crippen molar-refractivity contribution >= 4 is 5.78 Å². The van der Waals surface area contributed by atoms with E-state index in [9.17, 15) is 22.4 Å². The molecule has 0 aliphatic carbocycles. The first-order chi connectivity index (χ1) is 7.88. The zero-order valence-electron chi connectivity index (χ0n) is 8.86. The number of ketones is 1. The second kappa shape index (κ2) is 5.00. The number of rotatable bonds is 2. The van der Waals surface area contributed by atoms with Crippen LogP contribution in [0.25, 0.3) is 0 Å². The van der Waals surface area contributed by atoms with Crippen molar-refractivity contribution in [1.29, 1.82) is 0 Å². The summed E-state index contributed by atoms with van der Waals surface area (Å²) in [4.78, 5) is 11.4. The maximum atomic E-state index is 13.5. The Morgan fingerprint density at radius 3 is 2.53 bits per heavy atom. The molecule has 0 unspecified atom stereocenters. The number of halogens is 4. The molecule has 0 spiro atoms. The van der Waals surface area contributed by atoms with Crippen LogP contribution in [-0.2, 0) is 6.18 Å². The standard InChI is InChI=1S/C12H8F4O/c1-2-3-7-10(17)8-5-4-6-9(11(8)13)12(14,15)16/h4-6H,7H2,1H3. The Morgan fingerprint density at radius 1 is 1.35 bits per heavy atom. The van der Waals surface area contributed by atoms with E-state index in [1.807, 2.05) is 0 Å². The Morgan fingerprint density at radius 2 is 2.00 bits per heavy atom. The molecule has 0 fully saturated rings. The Balaban J connectivity index is 3.18. The van der Waals surface area contributed by atoms with Crippen molar-refractivity contribution in [3.8, 4) is 11.8 Å². The molecule has 1 nitrogen and oxygen atoms in total. The molecule has 5 heteroatoms. The van der Waals surface area contributed by atoms with Gasteiger partial charge in [-0.2, -0.15) is 13.2 Å². The van der Waals surface area contributed by atoms with Crippen molar-refractivity contribution < 1.29 is 22.4 Å². The van der Waals surface area contributed by atoms with Crippen LogP contribution < -0.4 is 0 Å². The lowest BCUT2D eigenvalue weighted by atomic mass is 10.0. The summed E-state index contributed by atoms with van der Waals surface area (Å²) in [5.74, 6) is 2.50. The second-order valence-corrected chi connectivity index (χ2v) is 3.19. The molecule has 1 rings (SSSR count). The van der Waals surface area contributed by atoms with Gasteiger partial charge in [-0.15, -0.1) is 5.92 Å². The Hall–Kier alpha value is -1.83. The van der Waals surface area contributed by atoms with E-state index in [4.69, 9.17) is 0 Å². The van der Waals surface area contributed by atoms with Gasteiger partial charge in [-0.25, -0.2) is 4.39 Å². The predicted octanol–water partition coefficient (Wildman–Crippen LogP) is 3.44. The maximum Gasteiger partial charge on any atom is 0.419 e. The summed E-state index contributed by atoms with van der Waals surface area (Å²) in [6, 6.07) is 2.61. The molecule has 0 heterocycles. The van der Waals surface area contributed by atoms with Crippen LogP contribution in [0, 0.1) is 17.7 Å². The van der Waals surface area contributed by atoms with Gasteiger partial charge >= 0.3 is 6.18 Å². The second-order valence-electron chi connectivity index (χ2n) is 3.19. The summed E-state index contributed by atoms with van der Waals surface area (Å²) in [7, 11) is 0. The number of Topliss-reactive ketones (excluding diaryl/α,β-unsaturated/α-hetero) is 1. The van der Waals surface area contributed by atoms with Crippen LogP contribution in [-0.4, -0.2) is 5.78 Å². The molecule has 0 aromatic heterocycles. The van der Waals surface area contributed by atoms with Gasteiger partial charge in [0.05, 0.1) is 17.5 Å². The van der Waals surface area contributed by atoms with Gasteiger partial charge in [-0.1, -0.05) is 12.0 Å². The molecule has 0 aliphatic rings. The third-order valence-electron chi connectivity index (χ3n) is 2.03. The van der Waals surface area contributed by atoms with Crippen molar-refractivity contribution in [3.05, 3.63) is 35.1 Å². The van der Waals surface area contributed by atoms with Gasteiger partial charge < -0.3 is 0 Å². The first-order valence-electron chi connectivity index (χ1n) is 4.66. The summed E-state index contributed by atoms with van der Waals surface area (Å²) in [6.45, 7) is 1.48. The van der Waals surface area contributed by atoms with Gasteiger partial charge in [0.25, 0.3) is 0 Å². The molecule has 0 radical (unpaired) electrons. The molecule has 0 aliphatic heterocycles. The average molecular weight is 244 g/mol. The van der Waals surface area contributed by atoms with Crippen LogP contribution >= 0.6 is 0 Å². The van der Waals surface area contributed by atoms with Gasteiger partial charge in [0, 0.05) is 0 Å². The zero-order chi connectivity index (χ0) is 13.1. The first kappa shape index (κ1) is 13.2. The summed E-state index contributed by atoms with van der Waals surface area (Å²) in [6.07, 6.45) is -5.11. The third kappa shape index (κ3) is 3.06. The monoisotopic (exact) mass is 244 g/mol. The molecule has 0 N–H and O–H groups in total. The maximum absolute atomic E-state index is 13.5. The summed E-state index contributed by atoms with van der Waals surface area (Å²) >= 11 is 0. The molecular weight excluding hydrogens is 236 g/mol. The van der Waals surface area contributed by atoms with Crippen molar-refractivity contribution in [1.82, 2.24) is 0 Å². The van der Waals surface area contributed by atoms with E-state index in [1.54, 1.807) is 0 Å². The van der Waals surface area contributed by atoms with Gasteiger partial charge in [0.2, 0.25) is 0 Å². The molecule has 90 valence electrons. The lowest BCUT2D eigenvalue weighted by Gasteiger charge is -2.09. The van der Waals surface area contributed by atoms with Gasteiger partial charge in [-0.05, 0) is 19.1 Å². The molecule has 0 saturated heterocycles. The highest BCUT2D eigenvalue weighted by Crippen LogP contribution is 2.32. The molecular formula is C12H8F4O. The van der Waals surface area contributed by atoms with E-state index >= 15 is 0 Å². The molecule has 0 bridgehead atoms. The molecule has 0 atom stereocenters. The fraction of sp³-hybridized carbons (Fsp3) is 0.250. The molecule has 1 aromatic rings. The van der Waals surface area contributed by atoms with Crippen LogP contribution in [0.1, 0.15) is 29.3 Å². The first-order valence-corrected chi connectivity index (χ1v) is 4.66. The van der Waals surface area contributed by atoms with Gasteiger partial charge in [0.1, 0.15) is 5.82 Å². The van der Waals surface area contributed by atoms with Crippen molar-refractivity contribution in [2.75, 3.05) is 0 Å². The lowest BCUT2D eigenvalue weighted by molar-refractivity contribution is -0.140.